The number of fused-ring (bicyclic) bond motifs is 1. The number of ether oxygens (including phenoxy) is 1. The summed E-state index contributed by atoms with van der Waals surface area (Å²) in [6, 6.07) is 5.74. The van der Waals surface area contributed by atoms with Crippen LogP contribution in [0.25, 0.3) is 0 Å². The summed E-state index contributed by atoms with van der Waals surface area (Å²) < 4.78 is 5.65. The number of carbonyl (C=O) groups excluding carboxylic acids is 1. The second-order valence-electron chi connectivity index (χ2n) is 5.56. The van der Waals surface area contributed by atoms with Crippen LogP contribution in [-0.2, 0) is 9.53 Å². The van der Waals surface area contributed by atoms with Crippen LogP contribution in [0.15, 0.2) is 18.2 Å². The number of likely N-dealkylation sites (N-methyl/N-ethyl adjacent to an activating group) is 2. The molecule has 0 bridgehead atoms. The zero-order valence-electron chi connectivity index (χ0n) is 11.9. The highest BCUT2D eigenvalue weighted by atomic mass is 16.5. The Labute approximate surface area is 118 Å². The molecule has 108 valence electrons. The van der Waals surface area contributed by atoms with Crippen molar-refractivity contribution in [1.29, 1.82) is 0 Å². The van der Waals surface area contributed by atoms with E-state index in [1.54, 1.807) is 7.05 Å². The number of hydrogen-bond acceptors (Lipinski definition) is 4. The second kappa shape index (κ2) is 5.07. The van der Waals surface area contributed by atoms with E-state index in [1.807, 2.05) is 25.2 Å². The van der Waals surface area contributed by atoms with E-state index in [0.29, 0.717) is 11.7 Å². The minimum atomic E-state index is -1.02. The summed E-state index contributed by atoms with van der Waals surface area (Å²) in [5.74, 6) is -0.265. The molecule has 0 aliphatic carbocycles. The van der Waals surface area contributed by atoms with Crippen LogP contribution in [0, 0.1) is 0 Å². The smallest absolute Gasteiger partial charge is 0.260 e. The molecular weight excluding hydrogens is 256 g/mol. The fraction of sp³-hybridized carbons (Fsp3) is 0.533. The first-order chi connectivity index (χ1) is 9.58. The lowest BCUT2D eigenvalue weighted by molar-refractivity contribution is -0.125. The lowest BCUT2D eigenvalue weighted by Crippen LogP contribution is -2.28. The molecule has 1 fully saturated rings. The van der Waals surface area contributed by atoms with Gasteiger partial charge in [-0.2, -0.15) is 0 Å². The van der Waals surface area contributed by atoms with Crippen molar-refractivity contribution in [3.8, 4) is 0 Å². The molecule has 1 saturated heterocycles. The Bertz CT molecular complexity index is 526. The minimum Gasteiger partial charge on any atom is -0.378 e. The Morgan fingerprint density at radius 3 is 3.00 bits per heavy atom. The van der Waals surface area contributed by atoms with E-state index in [1.165, 1.54) is 4.90 Å². The first-order valence-corrected chi connectivity index (χ1v) is 7.00. The molecule has 2 aliphatic rings. The third kappa shape index (κ3) is 2.17. The molecule has 2 unspecified atom stereocenters. The fourth-order valence-corrected chi connectivity index (χ4v) is 2.93. The van der Waals surface area contributed by atoms with E-state index >= 15 is 0 Å². The van der Waals surface area contributed by atoms with E-state index < -0.39 is 6.10 Å². The van der Waals surface area contributed by atoms with Crippen molar-refractivity contribution in [2.24, 2.45) is 0 Å². The number of amides is 1. The summed E-state index contributed by atoms with van der Waals surface area (Å²) in [5.41, 5.74) is 2.51. The van der Waals surface area contributed by atoms with Crippen molar-refractivity contribution in [3.63, 3.8) is 0 Å². The maximum Gasteiger partial charge on any atom is 0.260 e. The van der Waals surface area contributed by atoms with Gasteiger partial charge in [0.15, 0.2) is 6.10 Å². The number of carbonyl (C=O) groups is 1. The van der Waals surface area contributed by atoms with Crippen LogP contribution in [0.3, 0.4) is 0 Å². The highest BCUT2D eigenvalue weighted by molar-refractivity contribution is 6.03. The first kappa shape index (κ1) is 13.4. The molecule has 5 nitrogen and oxygen atoms in total. The molecule has 3 rings (SSSR count). The first-order valence-electron chi connectivity index (χ1n) is 7.00. The Balaban J connectivity index is 1.80. The van der Waals surface area contributed by atoms with Crippen molar-refractivity contribution >= 4 is 17.3 Å². The van der Waals surface area contributed by atoms with Gasteiger partial charge in [0.2, 0.25) is 0 Å². The molecule has 2 aliphatic heterocycles. The summed E-state index contributed by atoms with van der Waals surface area (Å²) >= 11 is 0. The molecule has 0 aromatic heterocycles. The standard InChI is InChI=1S/C15H20N2O3/c1-16(9-11-4-3-7-20-11)10-5-6-12-13(8-10)17(2)15(19)14(12)18/h5-6,8,11,14,18H,3-4,7,9H2,1-2H3. The SMILES string of the molecule is CN(CC1CCCO1)c1ccc2c(c1)N(C)C(=O)C2O. The summed E-state index contributed by atoms with van der Waals surface area (Å²) in [6.45, 7) is 1.70. The lowest BCUT2D eigenvalue weighted by Gasteiger charge is -2.24. The average molecular weight is 276 g/mol. The largest absolute Gasteiger partial charge is 0.378 e. The van der Waals surface area contributed by atoms with Crippen molar-refractivity contribution in [2.75, 3.05) is 37.0 Å². The number of benzene rings is 1. The molecule has 0 radical (unpaired) electrons. The van der Waals surface area contributed by atoms with Crippen LogP contribution in [0.4, 0.5) is 11.4 Å². The molecule has 1 N–H and O–H groups in total. The normalized spacial score (nSPS) is 25.1. The molecular formula is C15H20N2O3. The zero-order chi connectivity index (χ0) is 14.3. The lowest BCUT2D eigenvalue weighted by atomic mass is 10.1. The van der Waals surface area contributed by atoms with Gasteiger partial charge in [-0.1, -0.05) is 6.07 Å². The van der Waals surface area contributed by atoms with Gasteiger partial charge >= 0.3 is 0 Å². The molecule has 1 aromatic carbocycles. The van der Waals surface area contributed by atoms with Crippen molar-refractivity contribution in [2.45, 2.75) is 25.0 Å². The second-order valence-corrected chi connectivity index (χ2v) is 5.56. The van der Waals surface area contributed by atoms with E-state index in [0.717, 1.165) is 37.4 Å². The third-order valence-electron chi connectivity index (χ3n) is 4.18. The van der Waals surface area contributed by atoms with E-state index in [4.69, 9.17) is 4.74 Å². The highest BCUT2D eigenvalue weighted by Gasteiger charge is 2.33. The maximum atomic E-state index is 11.8. The van der Waals surface area contributed by atoms with Crippen molar-refractivity contribution < 1.29 is 14.6 Å². The molecule has 1 aromatic rings. The molecule has 20 heavy (non-hydrogen) atoms. The summed E-state index contributed by atoms with van der Waals surface area (Å²) in [6.07, 6.45) is 1.50. The van der Waals surface area contributed by atoms with Gasteiger partial charge in [-0.25, -0.2) is 0 Å². The number of anilines is 2. The zero-order valence-corrected chi connectivity index (χ0v) is 11.9. The van der Waals surface area contributed by atoms with Crippen LogP contribution in [0.2, 0.25) is 0 Å². The highest BCUT2D eigenvalue weighted by Crippen LogP contribution is 2.37. The van der Waals surface area contributed by atoms with E-state index in [9.17, 15) is 9.90 Å². The molecule has 0 spiro atoms. The number of hydrogen-bond donors (Lipinski definition) is 1. The predicted octanol–water partition coefficient (Wildman–Crippen LogP) is 1.31. The Kier molecular flexibility index (Phi) is 3.40. The maximum absolute atomic E-state index is 11.8. The summed E-state index contributed by atoms with van der Waals surface area (Å²) in [7, 11) is 3.72. The number of aliphatic hydroxyl groups is 1. The monoisotopic (exact) mass is 276 g/mol. The minimum absolute atomic E-state index is 0.265. The van der Waals surface area contributed by atoms with Gasteiger partial charge in [-0.15, -0.1) is 0 Å². The number of aliphatic hydroxyl groups excluding tert-OH is 1. The molecule has 1 amide bonds. The van der Waals surface area contributed by atoms with E-state index in [2.05, 4.69) is 4.90 Å². The third-order valence-corrected chi connectivity index (χ3v) is 4.18. The van der Waals surface area contributed by atoms with Gasteiger partial charge in [0.25, 0.3) is 5.91 Å². The molecule has 5 heteroatoms. The molecule has 0 saturated carbocycles. The number of rotatable bonds is 3. The molecule has 2 heterocycles. The van der Waals surface area contributed by atoms with Crippen LogP contribution in [-0.4, -0.2) is 44.4 Å². The van der Waals surface area contributed by atoms with Crippen LogP contribution >= 0.6 is 0 Å². The van der Waals surface area contributed by atoms with E-state index in [-0.39, 0.29) is 5.91 Å². The quantitative estimate of drug-likeness (QED) is 0.904. The van der Waals surface area contributed by atoms with Gasteiger partial charge in [0.1, 0.15) is 0 Å². The Hall–Kier alpha value is -1.59. The Morgan fingerprint density at radius 1 is 1.50 bits per heavy atom. The fourth-order valence-electron chi connectivity index (χ4n) is 2.93. The van der Waals surface area contributed by atoms with Gasteiger partial charge in [-0.3, -0.25) is 4.79 Å². The van der Waals surface area contributed by atoms with Crippen LogP contribution in [0.1, 0.15) is 24.5 Å². The van der Waals surface area contributed by atoms with Gasteiger partial charge in [0, 0.05) is 38.5 Å². The van der Waals surface area contributed by atoms with Gasteiger partial charge in [-0.05, 0) is 25.0 Å². The Morgan fingerprint density at radius 2 is 2.30 bits per heavy atom. The van der Waals surface area contributed by atoms with Crippen LogP contribution < -0.4 is 9.80 Å². The summed E-state index contributed by atoms with van der Waals surface area (Å²) in [4.78, 5) is 15.4. The topological polar surface area (TPSA) is 53.0 Å². The number of nitrogens with zero attached hydrogens (tertiary/aromatic N) is 2. The molecule has 2 atom stereocenters. The van der Waals surface area contributed by atoms with Gasteiger partial charge < -0.3 is 19.6 Å². The van der Waals surface area contributed by atoms with Crippen molar-refractivity contribution in [3.05, 3.63) is 23.8 Å². The van der Waals surface area contributed by atoms with Crippen molar-refractivity contribution in [1.82, 2.24) is 0 Å². The summed E-state index contributed by atoms with van der Waals surface area (Å²) in [5, 5.41) is 9.85. The predicted molar refractivity (Wildman–Crippen MR) is 77.1 cm³/mol. The van der Waals surface area contributed by atoms with Crippen LogP contribution in [0.5, 0.6) is 0 Å². The van der Waals surface area contributed by atoms with Gasteiger partial charge in [0.05, 0.1) is 11.8 Å². The average Bonchev–Trinajstić information content (AvgIpc) is 3.03.